The number of amides is 1. The molecule has 6 heteroatoms. The maximum atomic E-state index is 11.9. The summed E-state index contributed by atoms with van der Waals surface area (Å²) in [6, 6.07) is 0. The molecule has 1 N–H and O–H groups in total. The summed E-state index contributed by atoms with van der Waals surface area (Å²) in [5.41, 5.74) is 0.643. The van der Waals surface area contributed by atoms with Crippen LogP contribution in [0.15, 0.2) is 15.6 Å². The van der Waals surface area contributed by atoms with E-state index in [-0.39, 0.29) is 5.91 Å². The third-order valence-corrected chi connectivity index (χ3v) is 4.47. The molecule has 0 fully saturated rings. The molecule has 1 aromatic heterocycles. The van der Waals surface area contributed by atoms with Gasteiger partial charge in [-0.05, 0) is 12.3 Å². The molecule has 0 saturated carbocycles. The average Bonchev–Trinajstić information content (AvgIpc) is 3.12. The summed E-state index contributed by atoms with van der Waals surface area (Å²) < 4.78 is 0. The Bertz CT molecular complexity index is 566. The van der Waals surface area contributed by atoms with Gasteiger partial charge in [0.25, 0.3) is 0 Å². The minimum absolute atomic E-state index is 0.0440. The van der Waals surface area contributed by atoms with Crippen LogP contribution in [0.2, 0.25) is 0 Å². The highest BCUT2D eigenvalue weighted by Gasteiger charge is 2.39. The van der Waals surface area contributed by atoms with E-state index in [0.29, 0.717) is 30.3 Å². The second-order valence-electron chi connectivity index (χ2n) is 5.32. The fraction of sp³-hybridized carbons (Fsp3) is 0.600. The van der Waals surface area contributed by atoms with Crippen molar-refractivity contribution in [3.63, 3.8) is 0 Å². The van der Waals surface area contributed by atoms with Crippen molar-refractivity contribution in [3.8, 4) is 12.3 Å². The number of hydrogen-bond donors (Lipinski definition) is 1. The van der Waals surface area contributed by atoms with E-state index in [1.807, 2.05) is 5.38 Å². The topological polar surface area (TPSA) is 66.7 Å². The van der Waals surface area contributed by atoms with Gasteiger partial charge in [-0.15, -0.1) is 23.7 Å². The van der Waals surface area contributed by atoms with E-state index in [2.05, 4.69) is 40.3 Å². The molecule has 0 bridgehead atoms. The predicted octanol–water partition coefficient (Wildman–Crippen LogP) is 3.95. The number of nitrogens with zero attached hydrogens (tertiary/aromatic N) is 3. The Hall–Kier alpha value is -1.74. The number of carbonyl (C=O) groups excluding carboxylic acids is 1. The number of carbonyl (C=O) groups is 1. The second kappa shape index (κ2) is 6.81. The lowest BCUT2D eigenvalue weighted by Crippen LogP contribution is -2.17. The van der Waals surface area contributed by atoms with Crippen molar-refractivity contribution in [3.05, 3.63) is 11.1 Å². The molecule has 1 atom stereocenters. The first-order valence-corrected chi connectivity index (χ1v) is 8.09. The first-order chi connectivity index (χ1) is 10.1. The van der Waals surface area contributed by atoms with Gasteiger partial charge >= 0.3 is 0 Å². The van der Waals surface area contributed by atoms with Gasteiger partial charge in [0.15, 0.2) is 10.8 Å². The third-order valence-electron chi connectivity index (χ3n) is 3.69. The molecule has 0 spiro atoms. The lowest BCUT2D eigenvalue weighted by Gasteiger charge is -2.08. The summed E-state index contributed by atoms with van der Waals surface area (Å²) in [4.78, 5) is 16.4. The maximum Gasteiger partial charge on any atom is 0.226 e. The predicted molar refractivity (Wildman–Crippen MR) is 84.3 cm³/mol. The number of anilines is 1. The Morgan fingerprint density at radius 1 is 1.52 bits per heavy atom. The SMILES string of the molecule is C#CCCC1(CCC(=O)Nc2nc(C(C)CC)cs2)N=N1. The summed E-state index contributed by atoms with van der Waals surface area (Å²) >= 11 is 1.47. The largest absolute Gasteiger partial charge is 0.302 e. The van der Waals surface area contributed by atoms with E-state index < -0.39 is 5.66 Å². The molecule has 1 aliphatic heterocycles. The van der Waals surface area contributed by atoms with E-state index in [4.69, 9.17) is 6.42 Å². The number of aromatic nitrogens is 1. The molecular formula is C15H20N4OS. The van der Waals surface area contributed by atoms with Crippen LogP contribution in [0.4, 0.5) is 5.13 Å². The van der Waals surface area contributed by atoms with Crippen LogP contribution in [-0.4, -0.2) is 16.6 Å². The van der Waals surface area contributed by atoms with Gasteiger partial charge in [0.2, 0.25) is 5.91 Å². The third kappa shape index (κ3) is 4.36. The summed E-state index contributed by atoms with van der Waals surface area (Å²) in [6.07, 6.45) is 8.65. The number of hydrogen-bond acceptors (Lipinski definition) is 5. The summed E-state index contributed by atoms with van der Waals surface area (Å²) in [5, 5.41) is 13.6. The van der Waals surface area contributed by atoms with Crippen molar-refractivity contribution >= 4 is 22.4 Å². The molecule has 1 amide bonds. The van der Waals surface area contributed by atoms with Crippen LogP contribution in [0.3, 0.4) is 0 Å². The van der Waals surface area contributed by atoms with Crippen molar-refractivity contribution in [1.29, 1.82) is 0 Å². The molecule has 2 rings (SSSR count). The maximum absolute atomic E-state index is 11.9. The first-order valence-electron chi connectivity index (χ1n) is 7.21. The van der Waals surface area contributed by atoms with Crippen LogP contribution in [0, 0.1) is 12.3 Å². The number of nitrogens with one attached hydrogen (secondary N) is 1. The zero-order chi connectivity index (χ0) is 15.3. The number of rotatable bonds is 8. The number of terminal acetylenes is 1. The number of thiazole rings is 1. The minimum atomic E-state index is -0.394. The zero-order valence-electron chi connectivity index (χ0n) is 12.4. The van der Waals surface area contributed by atoms with Gasteiger partial charge in [-0.1, -0.05) is 13.8 Å². The monoisotopic (exact) mass is 304 g/mol. The van der Waals surface area contributed by atoms with E-state index >= 15 is 0 Å². The molecule has 0 radical (unpaired) electrons. The molecule has 1 unspecified atom stereocenters. The standard InChI is InChI=1S/C15H20N4OS/c1-4-6-8-15(18-19-15)9-7-13(20)17-14-16-12(10-21-14)11(3)5-2/h1,10-11H,5-9H2,2-3H3,(H,16,17,20). The van der Waals surface area contributed by atoms with Crippen LogP contribution in [0.5, 0.6) is 0 Å². The Balaban J connectivity index is 1.77. The molecule has 1 aromatic rings. The highest BCUT2D eigenvalue weighted by atomic mass is 32.1. The van der Waals surface area contributed by atoms with Gasteiger partial charge < -0.3 is 5.32 Å². The van der Waals surface area contributed by atoms with E-state index in [9.17, 15) is 4.79 Å². The highest BCUT2D eigenvalue weighted by Crippen LogP contribution is 2.37. The van der Waals surface area contributed by atoms with Gasteiger partial charge in [-0.2, -0.15) is 10.2 Å². The van der Waals surface area contributed by atoms with Crippen molar-refractivity contribution in [2.75, 3.05) is 5.32 Å². The summed E-state index contributed by atoms with van der Waals surface area (Å²) in [6.45, 7) is 4.26. The lowest BCUT2D eigenvalue weighted by atomic mass is 10.0. The van der Waals surface area contributed by atoms with Crippen LogP contribution in [0.1, 0.15) is 57.6 Å². The van der Waals surface area contributed by atoms with E-state index in [1.54, 1.807) is 0 Å². The van der Waals surface area contributed by atoms with Gasteiger partial charge in [-0.3, -0.25) is 4.79 Å². The Morgan fingerprint density at radius 2 is 2.29 bits per heavy atom. The normalized spacial score (nSPS) is 16.2. The fourth-order valence-electron chi connectivity index (χ4n) is 1.94. The van der Waals surface area contributed by atoms with E-state index in [1.165, 1.54) is 11.3 Å². The lowest BCUT2D eigenvalue weighted by molar-refractivity contribution is -0.116. The second-order valence-corrected chi connectivity index (χ2v) is 6.18. The molecule has 5 nitrogen and oxygen atoms in total. The molecule has 112 valence electrons. The van der Waals surface area contributed by atoms with Crippen LogP contribution >= 0.6 is 11.3 Å². The van der Waals surface area contributed by atoms with E-state index in [0.717, 1.165) is 18.5 Å². The summed E-state index contributed by atoms with van der Waals surface area (Å²) in [5.74, 6) is 2.96. The average molecular weight is 304 g/mol. The Kier molecular flexibility index (Phi) is 5.07. The highest BCUT2D eigenvalue weighted by molar-refractivity contribution is 7.13. The molecule has 0 aromatic carbocycles. The molecule has 0 saturated heterocycles. The van der Waals surface area contributed by atoms with Crippen LogP contribution in [-0.2, 0) is 4.79 Å². The smallest absolute Gasteiger partial charge is 0.226 e. The molecular weight excluding hydrogens is 284 g/mol. The van der Waals surface area contributed by atoms with Crippen molar-refractivity contribution in [2.24, 2.45) is 10.2 Å². The van der Waals surface area contributed by atoms with Crippen molar-refractivity contribution < 1.29 is 4.79 Å². The van der Waals surface area contributed by atoms with Gasteiger partial charge in [0, 0.05) is 31.1 Å². The minimum Gasteiger partial charge on any atom is -0.302 e. The quantitative estimate of drug-likeness (QED) is 0.739. The van der Waals surface area contributed by atoms with Crippen LogP contribution in [0.25, 0.3) is 0 Å². The van der Waals surface area contributed by atoms with Gasteiger partial charge in [0.1, 0.15) is 0 Å². The van der Waals surface area contributed by atoms with Gasteiger partial charge in [-0.25, -0.2) is 4.98 Å². The Labute approximate surface area is 129 Å². The zero-order valence-corrected chi connectivity index (χ0v) is 13.2. The van der Waals surface area contributed by atoms with Crippen molar-refractivity contribution in [1.82, 2.24) is 4.98 Å². The van der Waals surface area contributed by atoms with Crippen molar-refractivity contribution in [2.45, 2.75) is 57.5 Å². The molecule has 2 heterocycles. The molecule has 21 heavy (non-hydrogen) atoms. The van der Waals surface area contributed by atoms with Gasteiger partial charge in [0.05, 0.1) is 5.69 Å². The molecule has 1 aliphatic rings. The summed E-state index contributed by atoms with van der Waals surface area (Å²) in [7, 11) is 0. The Morgan fingerprint density at radius 3 is 2.90 bits per heavy atom. The van der Waals surface area contributed by atoms with Crippen LogP contribution < -0.4 is 5.32 Å². The molecule has 0 aliphatic carbocycles. The fourth-order valence-corrected chi connectivity index (χ4v) is 2.79. The first kappa shape index (κ1) is 15.6.